The van der Waals surface area contributed by atoms with E-state index >= 15 is 0 Å². The Balaban J connectivity index is 0.000000300. The van der Waals surface area contributed by atoms with Gasteiger partial charge in [-0.15, -0.1) is 12.4 Å². The van der Waals surface area contributed by atoms with Crippen LogP contribution in [-0.4, -0.2) is 68.1 Å². The number of carboxylic acids is 1. The zero-order valence-corrected chi connectivity index (χ0v) is 19.1. The van der Waals surface area contributed by atoms with E-state index in [2.05, 4.69) is 35.2 Å². The molecule has 2 N–H and O–H groups in total. The second-order valence-corrected chi connectivity index (χ2v) is 7.03. The third kappa shape index (κ3) is 8.28. The van der Waals surface area contributed by atoms with Gasteiger partial charge in [0.05, 0.1) is 33.0 Å². The van der Waals surface area contributed by atoms with Crippen LogP contribution in [0.2, 0.25) is 0 Å². The number of hydrogen-bond donors (Lipinski definition) is 2. The first-order chi connectivity index (χ1) is 14.5. The van der Waals surface area contributed by atoms with E-state index in [4.69, 9.17) is 19.3 Å². The van der Waals surface area contributed by atoms with Gasteiger partial charge in [-0.1, -0.05) is 30.3 Å². The standard InChI is InChI=1S/C13H19NO.C10H12O5.ClH/c15-13-7-10-14(11-8-13)9-6-12-4-2-1-3-5-12;1-13-7-4-6(10(11)12)5-8(14-2)9(7)15-3;/h1-5,13,15H,6-11H2;4-5H,1-3H3,(H,11,12);1H. The Morgan fingerprint density at radius 1 is 1.00 bits per heavy atom. The highest BCUT2D eigenvalue weighted by molar-refractivity contribution is 5.89. The lowest BCUT2D eigenvalue weighted by molar-refractivity contribution is 0.0695. The molecule has 0 aromatic heterocycles. The number of aliphatic hydroxyl groups excluding tert-OH is 1. The molecule has 0 unspecified atom stereocenters. The molecule has 3 rings (SSSR count). The van der Waals surface area contributed by atoms with Crippen molar-refractivity contribution >= 4 is 18.4 Å². The number of nitrogens with zero attached hydrogens (tertiary/aromatic N) is 1. The van der Waals surface area contributed by atoms with Crippen LogP contribution in [0.4, 0.5) is 0 Å². The number of carboxylic acid groups (broad SMARTS) is 1. The Bertz CT molecular complexity index is 769. The van der Waals surface area contributed by atoms with E-state index in [-0.39, 0.29) is 24.1 Å². The van der Waals surface area contributed by atoms with Crippen molar-refractivity contribution in [2.75, 3.05) is 41.0 Å². The summed E-state index contributed by atoms with van der Waals surface area (Å²) in [4.78, 5) is 13.2. The van der Waals surface area contributed by atoms with Gasteiger partial charge in [-0.25, -0.2) is 4.79 Å². The first kappa shape index (κ1) is 26.6. The highest BCUT2D eigenvalue weighted by Crippen LogP contribution is 2.38. The molecule has 1 aliphatic heterocycles. The van der Waals surface area contributed by atoms with E-state index in [9.17, 15) is 9.90 Å². The summed E-state index contributed by atoms with van der Waals surface area (Å²) in [6, 6.07) is 13.4. The molecule has 1 heterocycles. The van der Waals surface area contributed by atoms with E-state index in [1.807, 2.05) is 0 Å². The third-order valence-corrected chi connectivity index (χ3v) is 5.03. The predicted octanol–water partition coefficient (Wildman–Crippen LogP) is 3.52. The summed E-state index contributed by atoms with van der Waals surface area (Å²) in [6.45, 7) is 3.22. The molecular formula is C23H32ClNO6. The number of hydrogen-bond acceptors (Lipinski definition) is 6. The lowest BCUT2D eigenvalue weighted by atomic mass is 10.1. The van der Waals surface area contributed by atoms with Crippen molar-refractivity contribution in [1.82, 2.24) is 4.90 Å². The number of halogens is 1. The van der Waals surface area contributed by atoms with Crippen molar-refractivity contribution in [2.24, 2.45) is 0 Å². The average Bonchev–Trinajstić information content (AvgIpc) is 2.78. The zero-order valence-electron chi connectivity index (χ0n) is 18.2. The second-order valence-electron chi connectivity index (χ2n) is 7.03. The summed E-state index contributed by atoms with van der Waals surface area (Å²) in [6.07, 6.45) is 2.94. The molecule has 2 aromatic carbocycles. The van der Waals surface area contributed by atoms with Gasteiger partial charge in [0.1, 0.15) is 0 Å². The van der Waals surface area contributed by atoms with Crippen LogP contribution in [0.1, 0.15) is 28.8 Å². The van der Waals surface area contributed by atoms with Crippen LogP contribution in [0.3, 0.4) is 0 Å². The fourth-order valence-electron chi connectivity index (χ4n) is 3.28. The maximum atomic E-state index is 10.8. The minimum atomic E-state index is -1.05. The molecule has 2 aromatic rings. The first-order valence-corrected chi connectivity index (χ1v) is 9.96. The number of benzene rings is 2. The van der Waals surface area contributed by atoms with E-state index in [1.54, 1.807) is 0 Å². The molecule has 172 valence electrons. The molecule has 0 atom stereocenters. The molecule has 0 spiro atoms. The lowest BCUT2D eigenvalue weighted by Crippen LogP contribution is -2.36. The minimum absolute atomic E-state index is 0. The number of ether oxygens (including phenoxy) is 3. The summed E-state index contributed by atoms with van der Waals surface area (Å²) in [5.74, 6) is -0.0113. The highest BCUT2D eigenvalue weighted by Gasteiger charge is 2.17. The number of rotatable bonds is 7. The topological polar surface area (TPSA) is 88.5 Å². The third-order valence-electron chi connectivity index (χ3n) is 5.03. The van der Waals surface area contributed by atoms with Crippen LogP contribution in [0.25, 0.3) is 0 Å². The maximum Gasteiger partial charge on any atom is 0.335 e. The molecule has 0 saturated carbocycles. The molecule has 1 aliphatic rings. The van der Waals surface area contributed by atoms with Gasteiger partial charge in [0, 0.05) is 19.6 Å². The number of aromatic carboxylic acids is 1. The zero-order chi connectivity index (χ0) is 21.9. The molecule has 0 aliphatic carbocycles. The van der Waals surface area contributed by atoms with Crippen LogP contribution in [0.15, 0.2) is 42.5 Å². The number of likely N-dealkylation sites (tertiary alicyclic amines) is 1. The number of piperidine rings is 1. The van der Waals surface area contributed by atoms with E-state index < -0.39 is 5.97 Å². The van der Waals surface area contributed by atoms with Gasteiger partial charge in [-0.3, -0.25) is 0 Å². The van der Waals surface area contributed by atoms with Crippen LogP contribution in [0.5, 0.6) is 17.2 Å². The number of aliphatic hydroxyl groups is 1. The van der Waals surface area contributed by atoms with Gasteiger partial charge in [0.15, 0.2) is 11.5 Å². The number of methoxy groups -OCH3 is 3. The molecular weight excluding hydrogens is 422 g/mol. The van der Waals surface area contributed by atoms with Gasteiger partial charge < -0.3 is 29.3 Å². The molecule has 0 amide bonds. The van der Waals surface area contributed by atoms with E-state index in [0.717, 1.165) is 38.9 Å². The molecule has 0 radical (unpaired) electrons. The van der Waals surface area contributed by atoms with Crippen molar-refractivity contribution in [1.29, 1.82) is 0 Å². The fraction of sp³-hybridized carbons (Fsp3) is 0.435. The molecule has 31 heavy (non-hydrogen) atoms. The number of carbonyl (C=O) groups is 1. The monoisotopic (exact) mass is 453 g/mol. The average molecular weight is 454 g/mol. The summed E-state index contributed by atoms with van der Waals surface area (Å²) < 4.78 is 15.1. The van der Waals surface area contributed by atoms with Gasteiger partial charge >= 0.3 is 5.97 Å². The van der Waals surface area contributed by atoms with E-state index in [0.29, 0.717) is 17.2 Å². The Hall–Kier alpha value is -2.48. The Morgan fingerprint density at radius 2 is 1.55 bits per heavy atom. The quantitative estimate of drug-likeness (QED) is 0.663. The van der Waals surface area contributed by atoms with Crippen LogP contribution in [0, 0.1) is 0 Å². The normalized spacial score (nSPS) is 13.9. The first-order valence-electron chi connectivity index (χ1n) is 9.96. The maximum absolute atomic E-state index is 10.8. The van der Waals surface area contributed by atoms with E-state index in [1.165, 1.54) is 39.0 Å². The predicted molar refractivity (Wildman–Crippen MR) is 122 cm³/mol. The molecule has 7 nitrogen and oxygen atoms in total. The molecule has 8 heteroatoms. The largest absolute Gasteiger partial charge is 0.493 e. The van der Waals surface area contributed by atoms with Crippen molar-refractivity contribution in [2.45, 2.75) is 25.4 Å². The summed E-state index contributed by atoms with van der Waals surface area (Å²) >= 11 is 0. The van der Waals surface area contributed by atoms with Crippen molar-refractivity contribution in [3.8, 4) is 17.2 Å². The highest BCUT2D eigenvalue weighted by atomic mass is 35.5. The summed E-state index contributed by atoms with van der Waals surface area (Å²) in [5.41, 5.74) is 1.49. The van der Waals surface area contributed by atoms with Gasteiger partial charge in [-0.2, -0.15) is 0 Å². The fourth-order valence-corrected chi connectivity index (χ4v) is 3.28. The van der Waals surface area contributed by atoms with Crippen LogP contribution < -0.4 is 14.2 Å². The Labute approximate surface area is 190 Å². The van der Waals surface area contributed by atoms with Gasteiger partial charge in [0.25, 0.3) is 0 Å². The van der Waals surface area contributed by atoms with Crippen LogP contribution in [-0.2, 0) is 6.42 Å². The van der Waals surface area contributed by atoms with Crippen LogP contribution >= 0.6 is 12.4 Å². The van der Waals surface area contributed by atoms with Gasteiger partial charge in [0.2, 0.25) is 5.75 Å². The molecule has 1 fully saturated rings. The summed E-state index contributed by atoms with van der Waals surface area (Å²) in [7, 11) is 4.33. The Morgan fingerprint density at radius 3 is 2.00 bits per heavy atom. The lowest BCUT2D eigenvalue weighted by Gasteiger charge is -2.29. The summed E-state index contributed by atoms with van der Waals surface area (Å²) in [5, 5.41) is 18.2. The SMILES string of the molecule is COc1cc(C(=O)O)cc(OC)c1OC.Cl.OC1CCN(CCc2ccccc2)CC1. The molecule has 1 saturated heterocycles. The van der Waals surface area contributed by atoms with Crippen molar-refractivity contribution < 1.29 is 29.2 Å². The van der Waals surface area contributed by atoms with Crippen molar-refractivity contribution in [3.63, 3.8) is 0 Å². The van der Waals surface area contributed by atoms with Crippen molar-refractivity contribution in [3.05, 3.63) is 53.6 Å². The minimum Gasteiger partial charge on any atom is -0.493 e. The Kier molecular flexibility index (Phi) is 11.8. The van der Waals surface area contributed by atoms with Gasteiger partial charge in [-0.05, 0) is 37.0 Å². The smallest absolute Gasteiger partial charge is 0.335 e. The second kappa shape index (κ2) is 13.7. The molecule has 0 bridgehead atoms.